The van der Waals surface area contributed by atoms with Crippen molar-refractivity contribution >= 4 is 28.4 Å². The molecule has 1 aromatic heterocycles. The number of para-hydroxylation sites is 2. The number of piperidine rings is 1. The quantitative estimate of drug-likeness (QED) is 0.764. The summed E-state index contributed by atoms with van der Waals surface area (Å²) < 4.78 is 0. The number of fused-ring (bicyclic) bond motifs is 1. The number of nitrogens with zero attached hydrogens (tertiary/aromatic N) is 3. The van der Waals surface area contributed by atoms with Crippen molar-refractivity contribution in [3.8, 4) is 0 Å². The number of carbonyl (C=O) groups is 1. The number of nitrogens with one attached hydrogen (secondary N) is 1. The van der Waals surface area contributed by atoms with Crippen molar-refractivity contribution in [3.63, 3.8) is 0 Å². The van der Waals surface area contributed by atoms with Gasteiger partial charge < -0.3 is 10.2 Å². The molecule has 5 heteroatoms. The van der Waals surface area contributed by atoms with Gasteiger partial charge in [0.05, 0.1) is 17.2 Å². The number of benzene rings is 2. The zero-order valence-corrected chi connectivity index (χ0v) is 15.8. The predicted molar refractivity (Wildman–Crippen MR) is 109 cm³/mol. The van der Waals surface area contributed by atoms with Crippen LogP contribution in [0.3, 0.4) is 0 Å². The number of anilines is 2. The van der Waals surface area contributed by atoms with Crippen LogP contribution in [0.2, 0.25) is 0 Å². The molecular weight excluding hydrogens is 336 g/mol. The second-order valence-electron chi connectivity index (χ2n) is 7.21. The van der Waals surface area contributed by atoms with Gasteiger partial charge in [0.25, 0.3) is 0 Å². The minimum atomic E-state index is 0.0366. The van der Waals surface area contributed by atoms with E-state index in [0.29, 0.717) is 0 Å². The first kappa shape index (κ1) is 17.5. The molecule has 1 amide bonds. The van der Waals surface area contributed by atoms with E-state index in [9.17, 15) is 4.79 Å². The fraction of sp³-hybridized carbons (Fsp3) is 0.318. The first-order valence-corrected chi connectivity index (χ1v) is 9.45. The van der Waals surface area contributed by atoms with Gasteiger partial charge in [-0.3, -0.25) is 9.78 Å². The average Bonchev–Trinajstić information content (AvgIpc) is 2.71. The van der Waals surface area contributed by atoms with E-state index in [1.807, 2.05) is 49.5 Å². The molecule has 0 spiro atoms. The Kier molecular flexibility index (Phi) is 4.75. The van der Waals surface area contributed by atoms with Crippen LogP contribution in [0, 0.1) is 19.8 Å². The van der Waals surface area contributed by atoms with Crippen molar-refractivity contribution < 1.29 is 4.79 Å². The van der Waals surface area contributed by atoms with Gasteiger partial charge in [-0.05, 0) is 56.0 Å². The lowest BCUT2D eigenvalue weighted by Crippen LogP contribution is -2.38. The highest BCUT2D eigenvalue weighted by atomic mass is 16.1. The largest absolute Gasteiger partial charge is 0.355 e. The maximum absolute atomic E-state index is 12.7. The Morgan fingerprint density at radius 2 is 1.78 bits per heavy atom. The maximum atomic E-state index is 12.7. The van der Waals surface area contributed by atoms with Gasteiger partial charge in [0.2, 0.25) is 5.91 Å². The molecule has 0 aliphatic carbocycles. The van der Waals surface area contributed by atoms with Crippen LogP contribution in [-0.2, 0) is 4.79 Å². The van der Waals surface area contributed by atoms with Gasteiger partial charge in [0.1, 0.15) is 5.82 Å². The Hall–Kier alpha value is -2.95. The Bertz CT molecular complexity index is 977. The van der Waals surface area contributed by atoms with E-state index in [2.05, 4.69) is 28.2 Å². The molecule has 1 saturated heterocycles. The van der Waals surface area contributed by atoms with Gasteiger partial charge in [-0.2, -0.15) is 0 Å². The molecule has 2 aromatic carbocycles. The van der Waals surface area contributed by atoms with Crippen molar-refractivity contribution in [3.05, 3.63) is 59.8 Å². The molecular formula is C22H24N4O. The number of amides is 1. The SMILES string of the molecule is Cc1cccc(NC(=O)C2CCN(c3cnc4ccccc4n3)CC2)c1C. The highest BCUT2D eigenvalue weighted by Gasteiger charge is 2.26. The van der Waals surface area contributed by atoms with Crippen molar-refractivity contribution in [1.29, 1.82) is 0 Å². The Morgan fingerprint density at radius 3 is 2.56 bits per heavy atom. The molecule has 2 heterocycles. The monoisotopic (exact) mass is 360 g/mol. The minimum Gasteiger partial charge on any atom is -0.355 e. The minimum absolute atomic E-state index is 0.0366. The standard InChI is InChI=1S/C22H24N4O/c1-15-6-5-9-18(16(15)2)25-22(27)17-10-12-26(13-11-17)21-14-23-19-7-3-4-8-20(19)24-21/h3-9,14,17H,10-13H2,1-2H3,(H,25,27). The highest BCUT2D eigenvalue weighted by Crippen LogP contribution is 2.25. The number of hydrogen-bond donors (Lipinski definition) is 1. The van der Waals surface area contributed by atoms with Gasteiger partial charge in [-0.15, -0.1) is 0 Å². The molecule has 1 aliphatic rings. The summed E-state index contributed by atoms with van der Waals surface area (Å²) in [7, 11) is 0. The first-order chi connectivity index (χ1) is 13.1. The third kappa shape index (κ3) is 3.63. The van der Waals surface area contributed by atoms with E-state index in [-0.39, 0.29) is 11.8 Å². The molecule has 0 atom stereocenters. The summed E-state index contributed by atoms with van der Waals surface area (Å²) in [6, 6.07) is 13.9. The van der Waals surface area contributed by atoms with Crippen LogP contribution in [-0.4, -0.2) is 29.0 Å². The number of carbonyl (C=O) groups excluding carboxylic acids is 1. The molecule has 1 aliphatic heterocycles. The van der Waals surface area contributed by atoms with Crippen molar-refractivity contribution in [2.45, 2.75) is 26.7 Å². The Balaban J connectivity index is 1.40. The zero-order valence-electron chi connectivity index (χ0n) is 15.8. The summed E-state index contributed by atoms with van der Waals surface area (Å²) in [6.45, 7) is 5.75. The molecule has 5 nitrogen and oxygen atoms in total. The Morgan fingerprint density at radius 1 is 1.04 bits per heavy atom. The summed E-state index contributed by atoms with van der Waals surface area (Å²) >= 11 is 0. The highest BCUT2D eigenvalue weighted by molar-refractivity contribution is 5.93. The lowest BCUT2D eigenvalue weighted by molar-refractivity contribution is -0.120. The lowest BCUT2D eigenvalue weighted by atomic mass is 9.95. The van der Waals surface area contributed by atoms with Crippen LogP contribution < -0.4 is 10.2 Å². The van der Waals surface area contributed by atoms with Crippen molar-refractivity contribution in [1.82, 2.24) is 9.97 Å². The average molecular weight is 360 g/mol. The van der Waals surface area contributed by atoms with Crippen LogP contribution in [0.5, 0.6) is 0 Å². The van der Waals surface area contributed by atoms with E-state index in [4.69, 9.17) is 4.98 Å². The summed E-state index contributed by atoms with van der Waals surface area (Å²) in [5, 5.41) is 3.11. The Labute approximate surface area is 159 Å². The second-order valence-corrected chi connectivity index (χ2v) is 7.21. The first-order valence-electron chi connectivity index (χ1n) is 9.45. The molecule has 0 radical (unpaired) electrons. The van der Waals surface area contributed by atoms with Crippen LogP contribution >= 0.6 is 0 Å². The van der Waals surface area contributed by atoms with E-state index in [0.717, 1.165) is 54.0 Å². The lowest BCUT2D eigenvalue weighted by Gasteiger charge is -2.32. The summed E-state index contributed by atoms with van der Waals surface area (Å²) in [4.78, 5) is 24.1. The fourth-order valence-electron chi connectivity index (χ4n) is 3.59. The third-order valence-electron chi connectivity index (χ3n) is 5.49. The second kappa shape index (κ2) is 7.35. The molecule has 0 bridgehead atoms. The van der Waals surface area contributed by atoms with Gasteiger partial charge in [0, 0.05) is 24.7 Å². The number of aromatic nitrogens is 2. The van der Waals surface area contributed by atoms with Crippen molar-refractivity contribution in [2.75, 3.05) is 23.3 Å². The normalized spacial score (nSPS) is 15.1. The molecule has 0 unspecified atom stereocenters. The van der Waals surface area contributed by atoms with E-state index in [1.54, 1.807) is 0 Å². The van der Waals surface area contributed by atoms with E-state index < -0.39 is 0 Å². The van der Waals surface area contributed by atoms with E-state index in [1.165, 1.54) is 5.56 Å². The molecule has 27 heavy (non-hydrogen) atoms. The molecule has 0 saturated carbocycles. The molecule has 4 rings (SSSR count). The smallest absolute Gasteiger partial charge is 0.227 e. The molecule has 3 aromatic rings. The van der Waals surface area contributed by atoms with Gasteiger partial charge >= 0.3 is 0 Å². The van der Waals surface area contributed by atoms with E-state index >= 15 is 0 Å². The van der Waals surface area contributed by atoms with Gasteiger partial charge in [-0.1, -0.05) is 24.3 Å². The van der Waals surface area contributed by atoms with Crippen LogP contribution in [0.4, 0.5) is 11.5 Å². The predicted octanol–water partition coefficient (Wildman–Crippen LogP) is 4.10. The number of hydrogen-bond acceptors (Lipinski definition) is 4. The van der Waals surface area contributed by atoms with Crippen molar-refractivity contribution in [2.24, 2.45) is 5.92 Å². The topological polar surface area (TPSA) is 58.1 Å². The number of rotatable bonds is 3. The van der Waals surface area contributed by atoms with Gasteiger partial charge in [0.15, 0.2) is 0 Å². The summed E-state index contributed by atoms with van der Waals surface area (Å²) in [5.74, 6) is 1.05. The molecule has 138 valence electrons. The van der Waals surface area contributed by atoms with Crippen LogP contribution in [0.1, 0.15) is 24.0 Å². The summed E-state index contributed by atoms with van der Waals surface area (Å²) in [6.07, 6.45) is 3.48. The molecule has 1 fully saturated rings. The van der Waals surface area contributed by atoms with Crippen LogP contribution in [0.15, 0.2) is 48.7 Å². The molecule has 1 N–H and O–H groups in total. The zero-order chi connectivity index (χ0) is 18.8. The maximum Gasteiger partial charge on any atom is 0.227 e. The van der Waals surface area contributed by atoms with Crippen LogP contribution in [0.25, 0.3) is 11.0 Å². The van der Waals surface area contributed by atoms with Gasteiger partial charge in [-0.25, -0.2) is 4.98 Å². The fourth-order valence-corrected chi connectivity index (χ4v) is 3.59. The summed E-state index contributed by atoms with van der Waals surface area (Å²) in [5.41, 5.74) is 5.06. The third-order valence-corrected chi connectivity index (χ3v) is 5.49. The number of aryl methyl sites for hydroxylation is 1.